The lowest BCUT2D eigenvalue weighted by atomic mass is 10.1. The first-order valence-electron chi connectivity index (χ1n) is 12.3. The van der Waals surface area contributed by atoms with E-state index in [0.29, 0.717) is 5.69 Å². The first-order chi connectivity index (χ1) is 17.8. The Kier molecular flexibility index (Phi) is 9.59. The molecule has 0 saturated heterocycles. The monoisotopic (exact) mass is 647 g/mol. The number of hydrogen-bond donors (Lipinski definition) is 1. The van der Waals surface area contributed by atoms with Crippen LogP contribution < -0.4 is 9.62 Å². The van der Waals surface area contributed by atoms with Crippen molar-refractivity contribution in [1.82, 2.24) is 10.2 Å². The number of sulfonamides is 1. The van der Waals surface area contributed by atoms with Gasteiger partial charge in [0, 0.05) is 15.7 Å². The van der Waals surface area contributed by atoms with E-state index < -0.39 is 34.1 Å². The summed E-state index contributed by atoms with van der Waals surface area (Å²) < 4.78 is 29.6. The van der Waals surface area contributed by atoms with Gasteiger partial charge in [-0.2, -0.15) is 0 Å². The number of amides is 2. The molecule has 0 heterocycles. The van der Waals surface area contributed by atoms with Crippen molar-refractivity contribution in [2.45, 2.75) is 57.6 Å². The van der Waals surface area contributed by atoms with Crippen molar-refractivity contribution in [3.63, 3.8) is 0 Å². The number of aryl methyl sites for hydroxylation is 1. The summed E-state index contributed by atoms with van der Waals surface area (Å²) in [6.45, 7) is 8.92. The van der Waals surface area contributed by atoms with Crippen LogP contribution in [0.15, 0.2) is 83.8 Å². The van der Waals surface area contributed by atoms with E-state index in [0.717, 1.165) is 19.0 Å². The van der Waals surface area contributed by atoms with Gasteiger partial charge in [0.2, 0.25) is 11.8 Å². The molecule has 2 amide bonds. The molecular weight excluding hydrogens is 613 g/mol. The zero-order valence-electron chi connectivity index (χ0n) is 22.3. The fourth-order valence-electron chi connectivity index (χ4n) is 3.88. The quantitative estimate of drug-likeness (QED) is 0.327. The number of anilines is 1. The zero-order valence-corrected chi connectivity index (χ0v) is 25.3. The van der Waals surface area contributed by atoms with Gasteiger partial charge in [0.1, 0.15) is 12.6 Å². The molecule has 0 spiro atoms. The Morgan fingerprint density at radius 1 is 0.921 bits per heavy atom. The SMILES string of the molecule is Cc1ccccc1CN(C(=O)CN(c1ccc(I)cc1)S(=O)(=O)c1ccccc1)[C@H](C)C(=O)NC(C)(C)C. The van der Waals surface area contributed by atoms with E-state index >= 15 is 0 Å². The molecule has 9 heteroatoms. The molecule has 0 radical (unpaired) electrons. The molecule has 0 bridgehead atoms. The fourth-order valence-corrected chi connectivity index (χ4v) is 5.68. The number of carbonyl (C=O) groups is 2. The van der Waals surface area contributed by atoms with Crippen molar-refractivity contribution < 1.29 is 18.0 Å². The smallest absolute Gasteiger partial charge is 0.264 e. The van der Waals surface area contributed by atoms with E-state index in [9.17, 15) is 18.0 Å². The average Bonchev–Trinajstić information content (AvgIpc) is 2.86. The molecule has 7 nitrogen and oxygen atoms in total. The third kappa shape index (κ3) is 7.57. The lowest BCUT2D eigenvalue weighted by Crippen LogP contribution is -2.54. The number of rotatable bonds is 9. The number of hydrogen-bond acceptors (Lipinski definition) is 4. The standard InChI is InChI=1S/C29H34IN3O4S/c1-21-11-9-10-12-23(21)19-32(22(2)28(35)31-29(3,4)5)27(34)20-33(25-17-15-24(30)16-18-25)38(36,37)26-13-7-6-8-14-26/h6-18,22H,19-20H2,1-5H3,(H,31,35)/t22-/m1/s1. The molecule has 0 fully saturated rings. The van der Waals surface area contributed by atoms with E-state index in [1.54, 1.807) is 49.4 Å². The van der Waals surface area contributed by atoms with Crippen molar-refractivity contribution in [1.29, 1.82) is 0 Å². The van der Waals surface area contributed by atoms with Gasteiger partial charge in [-0.15, -0.1) is 0 Å². The number of nitrogens with one attached hydrogen (secondary N) is 1. The fraction of sp³-hybridized carbons (Fsp3) is 0.310. The molecule has 1 N–H and O–H groups in total. The van der Waals surface area contributed by atoms with E-state index in [-0.39, 0.29) is 17.3 Å². The van der Waals surface area contributed by atoms with E-state index in [4.69, 9.17) is 0 Å². The third-order valence-corrected chi connectivity index (χ3v) is 8.50. The summed E-state index contributed by atoms with van der Waals surface area (Å²) in [6.07, 6.45) is 0. The number of carbonyl (C=O) groups excluding carboxylic acids is 2. The second-order valence-corrected chi connectivity index (χ2v) is 13.3. The van der Waals surface area contributed by atoms with Gasteiger partial charge in [0.05, 0.1) is 10.6 Å². The average molecular weight is 648 g/mol. The van der Waals surface area contributed by atoms with Gasteiger partial charge >= 0.3 is 0 Å². The molecule has 3 aromatic rings. The number of halogens is 1. The zero-order chi connectivity index (χ0) is 28.1. The molecule has 3 aromatic carbocycles. The van der Waals surface area contributed by atoms with Gasteiger partial charge < -0.3 is 10.2 Å². The Labute approximate surface area is 239 Å². The molecule has 0 aliphatic heterocycles. The maximum absolute atomic E-state index is 13.9. The van der Waals surface area contributed by atoms with Gasteiger partial charge in [0.25, 0.3) is 10.0 Å². The van der Waals surface area contributed by atoms with Crippen LogP contribution in [0, 0.1) is 10.5 Å². The van der Waals surface area contributed by atoms with Crippen molar-refractivity contribution >= 4 is 50.1 Å². The van der Waals surface area contributed by atoms with Crippen molar-refractivity contribution in [2.75, 3.05) is 10.8 Å². The van der Waals surface area contributed by atoms with Crippen LogP contribution in [0.5, 0.6) is 0 Å². The predicted octanol–water partition coefficient (Wildman–Crippen LogP) is 5.13. The summed E-state index contributed by atoms with van der Waals surface area (Å²) in [4.78, 5) is 28.6. The highest BCUT2D eigenvalue weighted by molar-refractivity contribution is 14.1. The Morgan fingerprint density at radius 3 is 2.08 bits per heavy atom. The van der Waals surface area contributed by atoms with Crippen molar-refractivity contribution in [3.8, 4) is 0 Å². The summed E-state index contributed by atoms with van der Waals surface area (Å²) >= 11 is 2.14. The maximum Gasteiger partial charge on any atom is 0.264 e. The predicted molar refractivity (Wildman–Crippen MR) is 159 cm³/mol. The largest absolute Gasteiger partial charge is 0.350 e. The summed E-state index contributed by atoms with van der Waals surface area (Å²) in [7, 11) is -4.07. The van der Waals surface area contributed by atoms with Gasteiger partial charge in [-0.1, -0.05) is 42.5 Å². The van der Waals surface area contributed by atoms with Crippen LogP contribution in [-0.2, 0) is 26.2 Å². The van der Waals surface area contributed by atoms with Crippen molar-refractivity contribution in [3.05, 3.63) is 93.6 Å². The Hall–Kier alpha value is -2.92. The summed E-state index contributed by atoms with van der Waals surface area (Å²) in [5.74, 6) is -0.797. The summed E-state index contributed by atoms with van der Waals surface area (Å²) in [5, 5.41) is 2.94. The highest BCUT2D eigenvalue weighted by atomic mass is 127. The van der Waals surface area contributed by atoms with E-state index in [1.807, 2.05) is 52.0 Å². The van der Waals surface area contributed by atoms with Crippen LogP contribution in [0.1, 0.15) is 38.8 Å². The Balaban J connectivity index is 2.03. The van der Waals surface area contributed by atoms with Gasteiger partial charge in [0.15, 0.2) is 0 Å². The van der Waals surface area contributed by atoms with Crippen LogP contribution in [0.25, 0.3) is 0 Å². The maximum atomic E-state index is 13.9. The highest BCUT2D eigenvalue weighted by Crippen LogP contribution is 2.25. The van der Waals surface area contributed by atoms with Crippen LogP contribution in [0.2, 0.25) is 0 Å². The highest BCUT2D eigenvalue weighted by Gasteiger charge is 2.33. The van der Waals surface area contributed by atoms with E-state index in [1.165, 1.54) is 17.0 Å². The molecule has 0 saturated carbocycles. The number of nitrogens with zero attached hydrogens (tertiary/aromatic N) is 2. The molecule has 0 aromatic heterocycles. The topological polar surface area (TPSA) is 86.8 Å². The Morgan fingerprint density at radius 2 is 1.50 bits per heavy atom. The number of benzene rings is 3. The molecule has 0 aliphatic carbocycles. The molecular formula is C29H34IN3O4S. The van der Waals surface area contributed by atoms with Crippen LogP contribution in [-0.4, -0.2) is 43.3 Å². The van der Waals surface area contributed by atoms with Gasteiger partial charge in [-0.05, 0) is 105 Å². The van der Waals surface area contributed by atoms with Gasteiger partial charge in [-0.25, -0.2) is 8.42 Å². The lowest BCUT2D eigenvalue weighted by Gasteiger charge is -2.33. The minimum atomic E-state index is -4.07. The molecule has 3 rings (SSSR count). The molecule has 0 aliphatic rings. The van der Waals surface area contributed by atoms with Crippen molar-refractivity contribution in [2.24, 2.45) is 0 Å². The molecule has 0 unspecified atom stereocenters. The Bertz CT molecular complexity index is 1370. The first kappa shape index (κ1) is 29.6. The lowest BCUT2D eigenvalue weighted by molar-refractivity contribution is -0.140. The molecule has 38 heavy (non-hydrogen) atoms. The van der Waals surface area contributed by atoms with Gasteiger partial charge in [-0.3, -0.25) is 13.9 Å². The molecule has 202 valence electrons. The van der Waals surface area contributed by atoms with E-state index in [2.05, 4.69) is 27.9 Å². The summed E-state index contributed by atoms with van der Waals surface area (Å²) in [5.41, 5.74) is 1.72. The van der Waals surface area contributed by atoms with Crippen LogP contribution >= 0.6 is 22.6 Å². The molecule has 1 atom stereocenters. The van der Waals surface area contributed by atoms with Crippen LogP contribution in [0.4, 0.5) is 5.69 Å². The minimum Gasteiger partial charge on any atom is -0.350 e. The van der Waals surface area contributed by atoms with Crippen LogP contribution in [0.3, 0.4) is 0 Å². The first-order valence-corrected chi connectivity index (χ1v) is 14.8. The minimum absolute atomic E-state index is 0.0790. The third-order valence-electron chi connectivity index (χ3n) is 5.99. The summed E-state index contributed by atoms with van der Waals surface area (Å²) in [6, 6.07) is 21.8. The second kappa shape index (κ2) is 12.3. The second-order valence-electron chi connectivity index (χ2n) is 10.2. The normalized spacial score (nSPS) is 12.5.